The van der Waals surface area contributed by atoms with Gasteiger partial charge in [-0.15, -0.1) is 0 Å². The number of anilines is 2. The predicted octanol–water partition coefficient (Wildman–Crippen LogP) is 3.13. The zero-order chi connectivity index (χ0) is 21.5. The Morgan fingerprint density at radius 2 is 1.97 bits per heavy atom. The van der Waals surface area contributed by atoms with Crippen molar-refractivity contribution < 1.29 is 9.53 Å². The van der Waals surface area contributed by atoms with Gasteiger partial charge in [0.25, 0.3) is 5.91 Å². The summed E-state index contributed by atoms with van der Waals surface area (Å²) < 4.78 is 7.87. The monoisotopic (exact) mass is 418 g/mol. The number of rotatable bonds is 4. The van der Waals surface area contributed by atoms with Gasteiger partial charge in [0.2, 0.25) is 6.23 Å². The van der Waals surface area contributed by atoms with Gasteiger partial charge in [-0.2, -0.15) is 5.10 Å². The van der Waals surface area contributed by atoms with Gasteiger partial charge in [0.15, 0.2) is 0 Å². The normalized spacial score (nSPS) is 18.9. The Morgan fingerprint density at radius 3 is 2.71 bits per heavy atom. The van der Waals surface area contributed by atoms with Gasteiger partial charge in [-0.05, 0) is 50.5 Å². The van der Waals surface area contributed by atoms with Gasteiger partial charge in [0.05, 0.1) is 23.1 Å². The number of hydrogen-bond donors (Lipinski definition) is 1. The molecule has 1 saturated heterocycles. The maximum absolute atomic E-state index is 12.4. The van der Waals surface area contributed by atoms with Crippen LogP contribution < -0.4 is 15.5 Å². The van der Waals surface area contributed by atoms with Gasteiger partial charge in [0, 0.05) is 43.0 Å². The van der Waals surface area contributed by atoms with Crippen molar-refractivity contribution in [1.82, 2.24) is 14.8 Å². The SMILES string of the molecule is Cc1cc(C2OC=C(C(N)=O)N2c2cc3cnn(C)c3cc2N2CCCCC2)ccn1. The summed E-state index contributed by atoms with van der Waals surface area (Å²) in [6.07, 6.45) is 8.09. The van der Waals surface area contributed by atoms with Crippen LogP contribution in [0.1, 0.15) is 36.7 Å². The van der Waals surface area contributed by atoms with Crippen molar-refractivity contribution in [3.8, 4) is 0 Å². The van der Waals surface area contributed by atoms with E-state index >= 15 is 0 Å². The molecule has 2 N–H and O–H groups in total. The quantitative estimate of drug-likeness (QED) is 0.700. The molecule has 8 nitrogen and oxygen atoms in total. The van der Waals surface area contributed by atoms with Crippen molar-refractivity contribution >= 4 is 28.2 Å². The topological polar surface area (TPSA) is 89.5 Å². The number of aryl methyl sites for hydroxylation is 2. The molecule has 3 aromatic rings. The van der Waals surface area contributed by atoms with E-state index < -0.39 is 12.1 Å². The van der Waals surface area contributed by atoms with Gasteiger partial charge < -0.3 is 15.4 Å². The van der Waals surface area contributed by atoms with Crippen LogP contribution in [-0.2, 0) is 16.6 Å². The Hall–Kier alpha value is -3.55. The highest BCUT2D eigenvalue weighted by atomic mass is 16.5. The molecule has 1 aromatic carbocycles. The summed E-state index contributed by atoms with van der Waals surface area (Å²) in [5, 5.41) is 5.43. The van der Waals surface area contributed by atoms with Crippen LogP contribution in [0.25, 0.3) is 10.9 Å². The number of primary amides is 1. The number of nitrogens with zero attached hydrogens (tertiary/aromatic N) is 5. The molecule has 1 atom stereocenters. The predicted molar refractivity (Wildman–Crippen MR) is 119 cm³/mol. The summed E-state index contributed by atoms with van der Waals surface area (Å²) in [6.45, 7) is 3.88. The molecule has 2 aliphatic heterocycles. The average Bonchev–Trinajstić information content (AvgIpc) is 3.37. The highest BCUT2D eigenvalue weighted by Crippen LogP contribution is 2.44. The summed E-state index contributed by atoms with van der Waals surface area (Å²) in [6, 6.07) is 8.12. The van der Waals surface area contributed by atoms with E-state index in [9.17, 15) is 4.79 Å². The Bertz CT molecular complexity index is 1180. The zero-order valence-corrected chi connectivity index (χ0v) is 17.8. The van der Waals surface area contributed by atoms with Crippen LogP contribution in [0, 0.1) is 6.92 Å². The number of benzene rings is 1. The molecule has 1 unspecified atom stereocenters. The molecule has 0 aliphatic carbocycles. The third-order valence-electron chi connectivity index (χ3n) is 6.06. The number of piperidine rings is 1. The fourth-order valence-electron chi connectivity index (χ4n) is 4.51. The van der Waals surface area contributed by atoms with E-state index in [1.54, 1.807) is 6.20 Å². The fourth-order valence-corrected chi connectivity index (χ4v) is 4.51. The van der Waals surface area contributed by atoms with Gasteiger partial charge in [-0.3, -0.25) is 19.4 Å². The third-order valence-corrected chi connectivity index (χ3v) is 6.06. The molecule has 8 heteroatoms. The Labute approximate surface area is 180 Å². The van der Waals surface area contributed by atoms with Crippen LogP contribution in [0.4, 0.5) is 11.4 Å². The molecule has 31 heavy (non-hydrogen) atoms. The van der Waals surface area contributed by atoms with Crippen LogP contribution >= 0.6 is 0 Å². The van der Waals surface area contributed by atoms with Crippen LogP contribution in [0.3, 0.4) is 0 Å². The van der Waals surface area contributed by atoms with Crippen molar-refractivity contribution in [1.29, 1.82) is 0 Å². The molecular weight excluding hydrogens is 392 g/mol. The standard InChI is InChI=1S/C23H26N6O2/c1-15-10-16(6-7-25-15)23-29(21(14-31-23)22(24)30)20-11-17-13-26-27(2)18(17)12-19(20)28-8-4-3-5-9-28/h6-7,10-14,23H,3-5,8-9H2,1-2H3,(H2,24,30). The number of amides is 1. The first-order valence-corrected chi connectivity index (χ1v) is 10.6. The maximum atomic E-state index is 12.4. The summed E-state index contributed by atoms with van der Waals surface area (Å²) in [5.41, 5.74) is 10.9. The lowest BCUT2D eigenvalue weighted by atomic mass is 10.1. The Kier molecular flexibility index (Phi) is 4.77. The minimum atomic E-state index is -0.524. The van der Waals surface area contributed by atoms with E-state index in [0.717, 1.165) is 59.5 Å². The van der Waals surface area contributed by atoms with E-state index in [0.29, 0.717) is 5.70 Å². The number of carbonyl (C=O) groups is 1. The molecule has 1 fully saturated rings. The lowest BCUT2D eigenvalue weighted by Gasteiger charge is -2.35. The fraction of sp³-hybridized carbons (Fsp3) is 0.348. The Balaban J connectivity index is 1.70. The number of nitrogens with two attached hydrogens (primary N) is 1. The molecule has 4 heterocycles. The van der Waals surface area contributed by atoms with Crippen molar-refractivity contribution in [2.75, 3.05) is 22.9 Å². The van der Waals surface area contributed by atoms with Crippen molar-refractivity contribution in [3.05, 3.63) is 59.9 Å². The molecule has 1 amide bonds. The number of fused-ring (bicyclic) bond motifs is 1. The zero-order valence-electron chi connectivity index (χ0n) is 17.8. The minimum Gasteiger partial charge on any atom is -0.471 e. The molecule has 2 aromatic heterocycles. The van der Waals surface area contributed by atoms with Crippen molar-refractivity contribution in [3.63, 3.8) is 0 Å². The highest BCUT2D eigenvalue weighted by molar-refractivity contribution is 6.00. The van der Waals surface area contributed by atoms with E-state index in [4.69, 9.17) is 10.5 Å². The van der Waals surface area contributed by atoms with Crippen LogP contribution in [0.5, 0.6) is 0 Å². The van der Waals surface area contributed by atoms with Crippen molar-refractivity contribution in [2.24, 2.45) is 12.8 Å². The number of carbonyl (C=O) groups excluding carboxylic acids is 1. The summed E-state index contributed by atoms with van der Waals surface area (Å²) in [4.78, 5) is 21.0. The highest BCUT2D eigenvalue weighted by Gasteiger charge is 2.36. The molecule has 2 aliphatic rings. The molecule has 5 rings (SSSR count). The van der Waals surface area contributed by atoms with Crippen LogP contribution in [-0.4, -0.2) is 33.8 Å². The minimum absolute atomic E-state index is 0.334. The summed E-state index contributed by atoms with van der Waals surface area (Å²) in [5.74, 6) is -0.524. The molecule has 0 saturated carbocycles. The first-order chi connectivity index (χ1) is 15.0. The van der Waals surface area contributed by atoms with Gasteiger partial charge in [-0.25, -0.2) is 0 Å². The lowest BCUT2D eigenvalue weighted by Crippen LogP contribution is -2.35. The van der Waals surface area contributed by atoms with E-state index in [1.807, 2.05) is 41.9 Å². The summed E-state index contributed by atoms with van der Waals surface area (Å²) >= 11 is 0. The largest absolute Gasteiger partial charge is 0.471 e. The first kappa shape index (κ1) is 19.4. The second kappa shape index (κ2) is 7.61. The second-order valence-corrected chi connectivity index (χ2v) is 8.17. The molecule has 160 valence electrons. The molecule has 0 radical (unpaired) electrons. The van der Waals surface area contributed by atoms with E-state index in [2.05, 4.69) is 27.1 Å². The number of hydrogen-bond acceptors (Lipinski definition) is 6. The van der Waals surface area contributed by atoms with Gasteiger partial charge in [-0.1, -0.05) is 0 Å². The maximum Gasteiger partial charge on any atom is 0.268 e. The Morgan fingerprint density at radius 1 is 1.16 bits per heavy atom. The third kappa shape index (κ3) is 3.37. The number of ether oxygens (including phenoxy) is 1. The van der Waals surface area contributed by atoms with Crippen molar-refractivity contribution in [2.45, 2.75) is 32.4 Å². The number of aromatic nitrogens is 3. The molecule has 0 bridgehead atoms. The van der Waals surface area contributed by atoms with Crippen LogP contribution in [0.15, 0.2) is 48.6 Å². The molecular formula is C23H26N6O2. The lowest BCUT2D eigenvalue weighted by molar-refractivity contribution is -0.114. The van der Waals surface area contributed by atoms with E-state index in [1.165, 1.54) is 12.7 Å². The second-order valence-electron chi connectivity index (χ2n) is 8.17. The van der Waals surface area contributed by atoms with Gasteiger partial charge in [0.1, 0.15) is 12.0 Å². The average molecular weight is 419 g/mol. The molecule has 0 spiro atoms. The van der Waals surface area contributed by atoms with Gasteiger partial charge >= 0.3 is 0 Å². The smallest absolute Gasteiger partial charge is 0.268 e. The number of pyridine rings is 1. The summed E-state index contributed by atoms with van der Waals surface area (Å²) in [7, 11) is 1.94. The van der Waals surface area contributed by atoms with Crippen LogP contribution in [0.2, 0.25) is 0 Å². The van der Waals surface area contributed by atoms with E-state index in [-0.39, 0.29) is 0 Å². The first-order valence-electron chi connectivity index (χ1n) is 10.6.